The molecule has 78 heavy (non-hydrogen) atoms. The molecule has 7 aromatic rings. The summed E-state index contributed by atoms with van der Waals surface area (Å²) >= 11 is 2.79. The number of para-hydroxylation sites is 4. The molecule has 2 unspecified atom stereocenters. The highest BCUT2D eigenvalue weighted by molar-refractivity contribution is 8.00. The summed E-state index contributed by atoms with van der Waals surface area (Å²) < 4.78 is 26.7. The SMILES string of the molecule is CSC(Cc1ccc(OCc2nc3ccc(Oc4ccccc4N4CCCC4)cc3n2C)cc1)C(=O)NC=O.CSCC(=O)NC=O.Cc1ccc(OCC2Nc3ccc(Oc4ccccc4N4CCCC4)cc3N2C)cc1. The minimum Gasteiger partial charge on any atom is -0.489 e. The number of carbonyl (C=O) groups is 4. The topological polar surface area (TPSA) is 169 Å². The maximum absolute atomic E-state index is 12.0. The fourth-order valence-electron chi connectivity index (χ4n) is 9.34. The molecule has 408 valence electrons. The molecule has 4 heterocycles. The lowest BCUT2D eigenvalue weighted by molar-refractivity contribution is -0.125. The largest absolute Gasteiger partial charge is 0.489 e. The second kappa shape index (κ2) is 28.0. The van der Waals surface area contributed by atoms with Crippen LogP contribution in [0.1, 0.15) is 42.6 Å². The molecule has 3 aliphatic heterocycles. The fourth-order valence-corrected chi connectivity index (χ4v) is 10.3. The smallest absolute Gasteiger partial charge is 0.239 e. The van der Waals surface area contributed by atoms with E-state index in [0.29, 0.717) is 44.0 Å². The Morgan fingerprint density at radius 1 is 0.692 bits per heavy atom. The molecule has 0 spiro atoms. The van der Waals surface area contributed by atoms with Crippen LogP contribution >= 0.6 is 23.5 Å². The van der Waals surface area contributed by atoms with Gasteiger partial charge >= 0.3 is 0 Å². The van der Waals surface area contributed by atoms with E-state index in [1.807, 2.05) is 102 Å². The van der Waals surface area contributed by atoms with Gasteiger partial charge in [0, 0.05) is 52.4 Å². The first-order valence-electron chi connectivity index (χ1n) is 26.1. The highest BCUT2D eigenvalue weighted by Gasteiger charge is 2.27. The van der Waals surface area contributed by atoms with E-state index in [2.05, 4.69) is 93.9 Å². The van der Waals surface area contributed by atoms with E-state index in [0.717, 1.165) is 94.4 Å². The van der Waals surface area contributed by atoms with Crippen LogP contribution in [0.5, 0.6) is 34.5 Å². The standard InChI is InChI=1S/C30H32N4O4S.C26H29N3O2.C4H7NO2S/c1-33-26-18-23(38-27-8-4-3-7-25(27)34-15-5-6-16-34)13-14-24(26)32-29(33)19-37-22-11-9-21(10-12-22)17-28(39-2)30(36)31-20-35;1-19-9-11-20(12-10-19)30-18-26-27-22-14-13-21(17-24(22)28(26)2)31-25-8-4-3-7-23(25)29-15-5-6-16-29;1-8-2-4(7)5-3-6/h3-4,7-14,18,20,28H,5-6,15-17,19H2,1-2H3,(H,31,35,36);3-4,7-14,17,26-27H,5-6,15-16,18H2,1-2H3;3H,2H2,1H3,(H,5,6,7). The van der Waals surface area contributed by atoms with Gasteiger partial charge in [0.1, 0.15) is 48.2 Å². The third-order valence-corrected chi connectivity index (χ3v) is 15.1. The van der Waals surface area contributed by atoms with E-state index < -0.39 is 0 Å². The van der Waals surface area contributed by atoms with Crippen LogP contribution in [-0.4, -0.2) is 104 Å². The molecule has 3 aliphatic rings. The van der Waals surface area contributed by atoms with Gasteiger partial charge in [-0.25, -0.2) is 4.98 Å². The van der Waals surface area contributed by atoms with Crippen molar-refractivity contribution in [1.82, 2.24) is 20.2 Å². The molecule has 0 radical (unpaired) electrons. The number of imidazole rings is 1. The van der Waals surface area contributed by atoms with E-state index in [1.165, 1.54) is 60.5 Å². The quantitative estimate of drug-likeness (QED) is 0.0616. The Morgan fingerprint density at radius 3 is 1.86 bits per heavy atom. The first-order valence-corrected chi connectivity index (χ1v) is 28.7. The first-order chi connectivity index (χ1) is 38.0. The molecular formula is C60H68N8O8S2. The fraction of sp³-hybridized carbons (Fsp3) is 0.317. The number of carbonyl (C=O) groups excluding carboxylic acids is 4. The summed E-state index contributed by atoms with van der Waals surface area (Å²) in [6.07, 6.45) is 9.97. The van der Waals surface area contributed by atoms with Crippen molar-refractivity contribution in [1.29, 1.82) is 0 Å². The molecule has 1 aromatic heterocycles. The number of likely N-dealkylation sites (N-methyl/N-ethyl adjacent to an activating group) is 1. The lowest BCUT2D eigenvalue weighted by Crippen LogP contribution is -2.37. The van der Waals surface area contributed by atoms with Crippen molar-refractivity contribution in [2.24, 2.45) is 7.05 Å². The molecule has 18 heteroatoms. The Kier molecular flexibility index (Phi) is 20.2. The third kappa shape index (κ3) is 15.0. The van der Waals surface area contributed by atoms with Crippen molar-refractivity contribution < 1.29 is 38.1 Å². The van der Waals surface area contributed by atoms with Gasteiger partial charge in [-0.15, -0.1) is 0 Å². The summed E-state index contributed by atoms with van der Waals surface area (Å²) in [4.78, 5) is 54.2. The minimum atomic E-state index is -0.329. The minimum absolute atomic E-state index is 0.0726. The monoisotopic (exact) mass is 1090 g/mol. The summed E-state index contributed by atoms with van der Waals surface area (Å²) in [7, 11) is 4.07. The van der Waals surface area contributed by atoms with Crippen LogP contribution < -0.4 is 49.6 Å². The normalized spacial score (nSPS) is 14.7. The van der Waals surface area contributed by atoms with E-state index in [1.54, 1.807) is 6.26 Å². The average molecular weight is 1090 g/mol. The van der Waals surface area contributed by atoms with Crippen LogP contribution in [0.3, 0.4) is 0 Å². The average Bonchev–Trinajstić information content (AvgIpc) is 4.37. The van der Waals surface area contributed by atoms with Crippen molar-refractivity contribution in [2.45, 2.75) is 57.1 Å². The Balaban J connectivity index is 0.000000184. The van der Waals surface area contributed by atoms with Crippen LogP contribution in [0.2, 0.25) is 0 Å². The summed E-state index contributed by atoms with van der Waals surface area (Å²) in [6.45, 7) is 7.26. The van der Waals surface area contributed by atoms with Gasteiger partial charge in [-0.05, 0) is 130 Å². The number of benzene rings is 6. The second-order valence-corrected chi connectivity index (χ2v) is 20.9. The van der Waals surface area contributed by atoms with Gasteiger partial charge < -0.3 is 43.5 Å². The Hall–Kier alpha value is -7.83. The molecular weight excluding hydrogens is 1020 g/mol. The maximum atomic E-state index is 12.0. The van der Waals surface area contributed by atoms with E-state index in [-0.39, 0.29) is 23.2 Å². The van der Waals surface area contributed by atoms with Crippen molar-refractivity contribution in [2.75, 3.05) is 78.1 Å². The van der Waals surface area contributed by atoms with Gasteiger partial charge in [-0.2, -0.15) is 23.5 Å². The molecule has 0 saturated carbocycles. The molecule has 16 nitrogen and oxygen atoms in total. The number of thioether (sulfide) groups is 2. The van der Waals surface area contributed by atoms with Crippen molar-refractivity contribution in [3.05, 3.63) is 150 Å². The van der Waals surface area contributed by atoms with Crippen LogP contribution in [0, 0.1) is 6.92 Å². The Bertz CT molecular complexity index is 3110. The zero-order valence-corrected chi connectivity index (χ0v) is 46.4. The van der Waals surface area contributed by atoms with Crippen LogP contribution in [-0.2, 0) is 39.3 Å². The number of nitrogens with one attached hydrogen (secondary N) is 3. The summed E-state index contributed by atoms with van der Waals surface area (Å²) in [5, 5.41) is 7.46. The Morgan fingerprint density at radius 2 is 1.26 bits per heavy atom. The molecule has 2 atom stereocenters. The van der Waals surface area contributed by atoms with Gasteiger partial charge in [0.05, 0.1) is 44.8 Å². The summed E-state index contributed by atoms with van der Waals surface area (Å²) in [6, 6.07) is 44.5. The molecule has 0 bridgehead atoms. The zero-order valence-electron chi connectivity index (χ0n) is 44.8. The van der Waals surface area contributed by atoms with Gasteiger partial charge in [-0.1, -0.05) is 54.1 Å². The molecule has 3 N–H and O–H groups in total. The molecule has 0 aliphatic carbocycles. The van der Waals surface area contributed by atoms with E-state index in [9.17, 15) is 19.2 Å². The van der Waals surface area contributed by atoms with E-state index >= 15 is 0 Å². The highest BCUT2D eigenvalue weighted by atomic mass is 32.2. The number of nitrogens with zero attached hydrogens (tertiary/aromatic N) is 5. The molecule has 2 saturated heterocycles. The van der Waals surface area contributed by atoms with E-state index in [4.69, 9.17) is 23.9 Å². The second-order valence-electron chi connectivity index (χ2n) is 18.9. The van der Waals surface area contributed by atoms with Crippen LogP contribution in [0.15, 0.2) is 133 Å². The number of fused-ring (bicyclic) bond motifs is 2. The Labute approximate surface area is 465 Å². The van der Waals surface area contributed by atoms with Crippen molar-refractivity contribution in [3.8, 4) is 34.5 Å². The molecule has 10 rings (SSSR count). The lowest BCUT2D eigenvalue weighted by atomic mass is 10.1. The number of anilines is 4. The number of imide groups is 2. The molecule has 6 aromatic carbocycles. The summed E-state index contributed by atoms with van der Waals surface area (Å²) in [5.41, 5.74) is 8.60. The van der Waals surface area contributed by atoms with Gasteiger partial charge in [0.25, 0.3) is 0 Å². The predicted octanol–water partition coefficient (Wildman–Crippen LogP) is 10.4. The number of hydrogen-bond acceptors (Lipinski definition) is 15. The first kappa shape index (κ1) is 56.4. The number of aryl methyl sites for hydroxylation is 2. The number of aromatic nitrogens is 2. The highest BCUT2D eigenvalue weighted by Crippen LogP contribution is 2.40. The maximum Gasteiger partial charge on any atom is 0.239 e. The summed E-state index contributed by atoms with van der Waals surface area (Å²) in [5.74, 6) is 5.61. The van der Waals surface area contributed by atoms with Crippen molar-refractivity contribution in [3.63, 3.8) is 0 Å². The van der Waals surface area contributed by atoms with Gasteiger partial charge in [0.15, 0.2) is 11.5 Å². The third-order valence-electron chi connectivity index (χ3n) is 13.6. The van der Waals surface area contributed by atoms with Gasteiger partial charge in [-0.3, -0.25) is 29.8 Å². The molecule has 4 amide bonds. The lowest BCUT2D eigenvalue weighted by Gasteiger charge is -2.23. The number of hydrogen-bond donors (Lipinski definition) is 3. The molecule has 2 fully saturated rings. The zero-order chi connectivity index (χ0) is 54.8. The van der Waals surface area contributed by atoms with Gasteiger partial charge in [0.2, 0.25) is 24.6 Å². The van der Waals surface area contributed by atoms with Crippen LogP contribution in [0.4, 0.5) is 22.7 Å². The van der Waals surface area contributed by atoms with Crippen LogP contribution in [0.25, 0.3) is 11.0 Å². The number of amides is 4. The number of rotatable bonds is 20. The predicted molar refractivity (Wildman–Crippen MR) is 314 cm³/mol. The number of ether oxygens (including phenoxy) is 4. The van der Waals surface area contributed by atoms with Crippen molar-refractivity contribution >= 4 is 81.9 Å².